The zero-order valence-electron chi connectivity index (χ0n) is 12.4. The SMILES string of the molecule is C=C(NCCN1CCC(O)CC1)c1cccc(CC)c1. The molecule has 1 fully saturated rings. The Morgan fingerprint density at radius 1 is 1.40 bits per heavy atom. The van der Waals surface area contributed by atoms with Crippen molar-refractivity contribution in [1.29, 1.82) is 0 Å². The highest BCUT2D eigenvalue weighted by molar-refractivity contribution is 5.62. The molecule has 0 amide bonds. The highest BCUT2D eigenvalue weighted by Gasteiger charge is 2.16. The maximum absolute atomic E-state index is 9.48. The second kappa shape index (κ2) is 7.46. The molecule has 20 heavy (non-hydrogen) atoms. The second-order valence-electron chi connectivity index (χ2n) is 5.53. The minimum Gasteiger partial charge on any atom is -0.393 e. The number of rotatable bonds is 6. The van der Waals surface area contributed by atoms with Crippen molar-refractivity contribution in [3.05, 3.63) is 42.0 Å². The Balaban J connectivity index is 1.74. The maximum atomic E-state index is 9.48. The second-order valence-corrected chi connectivity index (χ2v) is 5.53. The number of hydrogen-bond acceptors (Lipinski definition) is 3. The van der Waals surface area contributed by atoms with Gasteiger partial charge in [0.25, 0.3) is 0 Å². The van der Waals surface area contributed by atoms with Crippen LogP contribution in [0.15, 0.2) is 30.8 Å². The van der Waals surface area contributed by atoms with Crippen LogP contribution in [0, 0.1) is 0 Å². The summed E-state index contributed by atoms with van der Waals surface area (Å²) in [6, 6.07) is 8.54. The highest BCUT2D eigenvalue weighted by atomic mass is 16.3. The Labute approximate surface area is 122 Å². The van der Waals surface area contributed by atoms with E-state index < -0.39 is 0 Å². The molecule has 0 unspecified atom stereocenters. The van der Waals surface area contributed by atoms with E-state index in [9.17, 15) is 5.11 Å². The van der Waals surface area contributed by atoms with Gasteiger partial charge in [-0.1, -0.05) is 31.7 Å². The summed E-state index contributed by atoms with van der Waals surface area (Å²) >= 11 is 0. The Hall–Kier alpha value is -1.32. The molecule has 0 aliphatic carbocycles. The molecule has 1 aliphatic heterocycles. The Kier molecular flexibility index (Phi) is 5.62. The van der Waals surface area contributed by atoms with Crippen molar-refractivity contribution in [2.75, 3.05) is 26.2 Å². The van der Waals surface area contributed by atoms with Gasteiger partial charge in [0.1, 0.15) is 0 Å². The third-order valence-electron chi connectivity index (χ3n) is 4.01. The van der Waals surface area contributed by atoms with Crippen LogP contribution in [-0.2, 0) is 6.42 Å². The lowest BCUT2D eigenvalue weighted by Gasteiger charge is -2.29. The molecule has 0 bridgehead atoms. The first-order valence-electron chi connectivity index (χ1n) is 7.61. The third kappa shape index (κ3) is 4.36. The van der Waals surface area contributed by atoms with Crippen molar-refractivity contribution in [1.82, 2.24) is 10.2 Å². The van der Waals surface area contributed by atoms with Gasteiger partial charge in [-0.3, -0.25) is 0 Å². The van der Waals surface area contributed by atoms with E-state index in [1.165, 1.54) is 11.1 Å². The number of aliphatic hydroxyl groups is 1. The number of nitrogens with one attached hydrogen (secondary N) is 1. The van der Waals surface area contributed by atoms with Gasteiger partial charge in [-0.2, -0.15) is 0 Å². The number of nitrogens with zero attached hydrogens (tertiary/aromatic N) is 1. The molecule has 1 heterocycles. The Morgan fingerprint density at radius 2 is 2.15 bits per heavy atom. The fourth-order valence-corrected chi connectivity index (χ4v) is 2.59. The molecule has 1 saturated heterocycles. The van der Waals surface area contributed by atoms with Crippen LogP contribution in [0.4, 0.5) is 0 Å². The smallest absolute Gasteiger partial charge is 0.0564 e. The number of likely N-dealkylation sites (tertiary alicyclic amines) is 1. The normalized spacial score (nSPS) is 17.1. The van der Waals surface area contributed by atoms with Crippen LogP contribution in [0.25, 0.3) is 5.70 Å². The van der Waals surface area contributed by atoms with Crippen molar-refractivity contribution in [2.24, 2.45) is 0 Å². The fourth-order valence-electron chi connectivity index (χ4n) is 2.59. The first-order valence-corrected chi connectivity index (χ1v) is 7.61. The maximum Gasteiger partial charge on any atom is 0.0564 e. The molecule has 0 saturated carbocycles. The summed E-state index contributed by atoms with van der Waals surface area (Å²) in [5.41, 5.74) is 3.52. The molecule has 3 nitrogen and oxygen atoms in total. The molecule has 110 valence electrons. The first kappa shape index (κ1) is 15.1. The van der Waals surface area contributed by atoms with Gasteiger partial charge in [0.2, 0.25) is 0 Å². The summed E-state index contributed by atoms with van der Waals surface area (Å²) in [6.45, 7) is 10.2. The minimum atomic E-state index is -0.0917. The molecule has 0 spiro atoms. The zero-order valence-corrected chi connectivity index (χ0v) is 12.4. The molecular formula is C17H26N2O. The summed E-state index contributed by atoms with van der Waals surface area (Å²) in [6.07, 6.45) is 2.77. The van der Waals surface area contributed by atoms with E-state index >= 15 is 0 Å². The van der Waals surface area contributed by atoms with Crippen LogP contribution in [0.1, 0.15) is 30.9 Å². The number of piperidine rings is 1. The summed E-state index contributed by atoms with van der Waals surface area (Å²) < 4.78 is 0. The van der Waals surface area contributed by atoms with Crippen molar-refractivity contribution in [3.63, 3.8) is 0 Å². The summed E-state index contributed by atoms with van der Waals surface area (Å²) in [5, 5.41) is 12.9. The predicted molar refractivity (Wildman–Crippen MR) is 84.5 cm³/mol. The number of aliphatic hydroxyl groups excluding tert-OH is 1. The number of aryl methyl sites for hydroxylation is 1. The van der Waals surface area contributed by atoms with Gasteiger partial charge in [-0.15, -0.1) is 0 Å². The molecular weight excluding hydrogens is 248 g/mol. The van der Waals surface area contributed by atoms with Gasteiger partial charge in [-0.05, 0) is 36.5 Å². The van der Waals surface area contributed by atoms with Crippen molar-refractivity contribution < 1.29 is 5.11 Å². The largest absolute Gasteiger partial charge is 0.393 e. The average Bonchev–Trinajstić information content (AvgIpc) is 2.49. The minimum absolute atomic E-state index is 0.0917. The van der Waals surface area contributed by atoms with E-state index in [1.54, 1.807) is 0 Å². The zero-order chi connectivity index (χ0) is 14.4. The van der Waals surface area contributed by atoms with Crippen molar-refractivity contribution >= 4 is 5.70 Å². The topological polar surface area (TPSA) is 35.5 Å². The van der Waals surface area contributed by atoms with Crippen molar-refractivity contribution in [3.8, 4) is 0 Å². The molecule has 0 radical (unpaired) electrons. The Bertz CT molecular complexity index is 436. The summed E-state index contributed by atoms with van der Waals surface area (Å²) in [4.78, 5) is 2.40. The third-order valence-corrected chi connectivity index (χ3v) is 4.01. The molecule has 1 aliphatic rings. The van der Waals surface area contributed by atoms with Gasteiger partial charge >= 0.3 is 0 Å². The van der Waals surface area contributed by atoms with E-state index in [-0.39, 0.29) is 6.10 Å². The van der Waals surface area contributed by atoms with E-state index in [2.05, 4.69) is 48.0 Å². The molecule has 3 heteroatoms. The number of hydrogen-bond donors (Lipinski definition) is 2. The highest BCUT2D eigenvalue weighted by Crippen LogP contribution is 2.13. The number of benzene rings is 1. The van der Waals surface area contributed by atoms with E-state index in [0.717, 1.165) is 51.1 Å². The molecule has 2 rings (SSSR count). The molecule has 0 atom stereocenters. The molecule has 1 aromatic rings. The lowest BCUT2D eigenvalue weighted by Crippen LogP contribution is -2.39. The van der Waals surface area contributed by atoms with Crippen LogP contribution in [0.2, 0.25) is 0 Å². The standard InChI is InChI=1S/C17H26N2O/c1-3-15-5-4-6-16(13-15)14(2)18-9-12-19-10-7-17(20)8-11-19/h4-6,13,17-18,20H,2-3,7-12H2,1H3. The average molecular weight is 274 g/mol. The van der Waals surface area contributed by atoms with Crippen LogP contribution in [-0.4, -0.2) is 42.3 Å². The quantitative estimate of drug-likeness (QED) is 0.835. The first-order chi connectivity index (χ1) is 9.69. The molecule has 1 aromatic carbocycles. The van der Waals surface area contributed by atoms with Crippen molar-refractivity contribution in [2.45, 2.75) is 32.3 Å². The van der Waals surface area contributed by atoms with Crippen LogP contribution < -0.4 is 5.32 Å². The van der Waals surface area contributed by atoms with Gasteiger partial charge in [0, 0.05) is 31.9 Å². The van der Waals surface area contributed by atoms with Crippen LogP contribution >= 0.6 is 0 Å². The van der Waals surface area contributed by atoms with Crippen LogP contribution in [0.5, 0.6) is 0 Å². The van der Waals surface area contributed by atoms with E-state index in [4.69, 9.17) is 0 Å². The van der Waals surface area contributed by atoms with Gasteiger partial charge < -0.3 is 15.3 Å². The summed E-state index contributed by atoms with van der Waals surface area (Å²) in [5.74, 6) is 0. The Morgan fingerprint density at radius 3 is 2.85 bits per heavy atom. The lowest BCUT2D eigenvalue weighted by atomic mass is 10.1. The fraction of sp³-hybridized carbons (Fsp3) is 0.529. The molecule has 2 N–H and O–H groups in total. The lowest BCUT2D eigenvalue weighted by molar-refractivity contribution is 0.0835. The van der Waals surface area contributed by atoms with Gasteiger partial charge in [-0.25, -0.2) is 0 Å². The predicted octanol–water partition coefficient (Wildman–Crippen LogP) is 2.27. The van der Waals surface area contributed by atoms with Gasteiger partial charge in [0.15, 0.2) is 0 Å². The van der Waals surface area contributed by atoms with Crippen LogP contribution in [0.3, 0.4) is 0 Å². The van der Waals surface area contributed by atoms with E-state index in [0.29, 0.717) is 0 Å². The summed E-state index contributed by atoms with van der Waals surface area (Å²) in [7, 11) is 0. The van der Waals surface area contributed by atoms with E-state index in [1.807, 2.05) is 0 Å². The monoisotopic (exact) mass is 274 g/mol. The molecule has 0 aromatic heterocycles. The van der Waals surface area contributed by atoms with Gasteiger partial charge in [0.05, 0.1) is 6.10 Å².